The van der Waals surface area contributed by atoms with Crippen LogP contribution in [0.5, 0.6) is 0 Å². The average Bonchev–Trinajstić information content (AvgIpc) is 2.37. The highest BCUT2D eigenvalue weighted by molar-refractivity contribution is 6.37. The molecule has 0 heterocycles. The first-order valence-corrected chi connectivity index (χ1v) is 7.21. The molecule has 114 valence electrons. The number of rotatable bonds is 6. The first kappa shape index (κ1) is 17.5. The molecule has 1 unspecified atom stereocenters. The van der Waals surface area contributed by atoms with Crippen molar-refractivity contribution < 1.29 is 14.7 Å². The minimum Gasteiger partial charge on any atom is -0.481 e. The molecule has 1 amide bonds. The molecule has 1 rings (SSSR count). The van der Waals surface area contributed by atoms with Crippen molar-refractivity contribution in [1.29, 1.82) is 0 Å². The minimum atomic E-state index is -0.927. The largest absolute Gasteiger partial charge is 0.481 e. The second-order valence-corrected chi connectivity index (χ2v) is 5.72. The lowest BCUT2D eigenvalue weighted by atomic mass is 9.96. The van der Waals surface area contributed by atoms with Gasteiger partial charge in [-0.05, 0) is 24.1 Å². The summed E-state index contributed by atoms with van der Waals surface area (Å²) >= 11 is 12.0. The summed E-state index contributed by atoms with van der Waals surface area (Å²) in [5.41, 5.74) is 0.551. The molecule has 0 bridgehead atoms. The van der Waals surface area contributed by atoms with Gasteiger partial charge < -0.3 is 10.4 Å². The molecular formula is C15H17Cl2NO3. The van der Waals surface area contributed by atoms with Gasteiger partial charge in [0.2, 0.25) is 5.91 Å². The molecular weight excluding hydrogens is 313 g/mol. The van der Waals surface area contributed by atoms with E-state index in [0.717, 1.165) is 0 Å². The van der Waals surface area contributed by atoms with Crippen molar-refractivity contribution in [3.05, 3.63) is 39.9 Å². The van der Waals surface area contributed by atoms with Crippen LogP contribution in [0.3, 0.4) is 0 Å². The summed E-state index contributed by atoms with van der Waals surface area (Å²) in [7, 11) is 0. The van der Waals surface area contributed by atoms with E-state index in [0.29, 0.717) is 15.6 Å². The number of amides is 1. The Morgan fingerprint density at radius 1 is 1.29 bits per heavy atom. The number of benzene rings is 1. The van der Waals surface area contributed by atoms with Crippen LogP contribution in [0, 0.1) is 11.8 Å². The number of carboxylic acid groups (broad SMARTS) is 1. The van der Waals surface area contributed by atoms with E-state index in [4.69, 9.17) is 28.3 Å². The highest BCUT2D eigenvalue weighted by atomic mass is 35.5. The zero-order chi connectivity index (χ0) is 16.0. The van der Waals surface area contributed by atoms with Crippen molar-refractivity contribution in [3.8, 4) is 0 Å². The summed E-state index contributed by atoms with van der Waals surface area (Å²) in [5, 5.41) is 12.5. The van der Waals surface area contributed by atoms with E-state index in [9.17, 15) is 9.59 Å². The predicted octanol–water partition coefficient (Wildman–Crippen LogP) is 3.48. The van der Waals surface area contributed by atoms with Gasteiger partial charge in [-0.3, -0.25) is 9.59 Å². The van der Waals surface area contributed by atoms with Crippen molar-refractivity contribution in [2.24, 2.45) is 11.8 Å². The lowest BCUT2D eigenvalue weighted by Gasteiger charge is -2.15. The fourth-order valence-corrected chi connectivity index (χ4v) is 2.23. The molecule has 0 aliphatic rings. The highest BCUT2D eigenvalue weighted by Gasteiger charge is 2.21. The van der Waals surface area contributed by atoms with Crippen LogP contribution < -0.4 is 5.32 Å². The van der Waals surface area contributed by atoms with Gasteiger partial charge in [0.15, 0.2) is 0 Å². The number of carbonyl (C=O) groups excluding carboxylic acids is 1. The molecule has 0 aromatic heterocycles. The molecule has 2 N–H and O–H groups in total. The van der Waals surface area contributed by atoms with Crippen molar-refractivity contribution >= 4 is 41.2 Å². The molecule has 0 saturated heterocycles. The quantitative estimate of drug-likeness (QED) is 0.785. The Hall–Kier alpha value is -1.52. The first-order valence-electron chi connectivity index (χ1n) is 6.45. The minimum absolute atomic E-state index is 0.0650. The second kappa shape index (κ2) is 8.05. The van der Waals surface area contributed by atoms with Crippen molar-refractivity contribution in [1.82, 2.24) is 5.32 Å². The third-order valence-electron chi connectivity index (χ3n) is 3.02. The van der Waals surface area contributed by atoms with E-state index in [1.165, 1.54) is 12.2 Å². The molecule has 0 fully saturated rings. The number of carboxylic acids is 1. The summed E-state index contributed by atoms with van der Waals surface area (Å²) in [4.78, 5) is 22.7. The van der Waals surface area contributed by atoms with E-state index < -0.39 is 17.8 Å². The van der Waals surface area contributed by atoms with Gasteiger partial charge in [-0.1, -0.05) is 43.1 Å². The second-order valence-electron chi connectivity index (χ2n) is 4.90. The molecule has 0 aliphatic carbocycles. The van der Waals surface area contributed by atoms with E-state index >= 15 is 0 Å². The summed E-state index contributed by atoms with van der Waals surface area (Å²) in [6, 6.07) is 5.05. The summed E-state index contributed by atoms with van der Waals surface area (Å²) in [6.45, 7) is 3.67. The maximum absolute atomic E-state index is 11.7. The van der Waals surface area contributed by atoms with E-state index in [-0.39, 0.29) is 12.5 Å². The predicted molar refractivity (Wildman–Crippen MR) is 84.5 cm³/mol. The third kappa shape index (κ3) is 5.40. The zero-order valence-electron chi connectivity index (χ0n) is 11.8. The highest BCUT2D eigenvalue weighted by Crippen LogP contribution is 2.25. The Balaban J connectivity index is 2.66. The van der Waals surface area contributed by atoms with Crippen LogP contribution in [0.25, 0.3) is 6.08 Å². The van der Waals surface area contributed by atoms with Gasteiger partial charge in [0.1, 0.15) is 0 Å². The SMILES string of the molecule is CC(C)C(CNC(=O)C=Cc1c(Cl)cccc1Cl)C(=O)O. The number of hydrogen-bond acceptors (Lipinski definition) is 2. The molecule has 1 atom stereocenters. The maximum atomic E-state index is 11.7. The van der Waals surface area contributed by atoms with Crippen LogP contribution in [0.4, 0.5) is 0 Å². The Kier molecular flexibility index (Phi) is 6.72. The normalized spacial score (nSPS) is 12.6. The van der Waals surface area contributed by atoms with Gasteiger partial charge >= 0.3 is 5.97 Å². The number of aliphatic carboxylic acids is 1. The number of hydrogen-bond donors (Lipinski definition) is 2. The Morgan fingerprint density at radius 3 is 2.33 bits per heavy atom. The van der Waals surface area contributed by atoms with Crippen LogP contribution in [0.15, 0.2) is 24.3 Å². The zero-order valence-corrected chi connectivity index (χ0v) is 13.3. The van der Waals surface area contributed by atoms with Crippen molar-refractivity contribution in [3.63, 3.8) is 0 Å². The molecule has 1 aromatic carbocycles. The van der Waals surface area contributed by atoms with Gasteiger partial charge in [0.05, 0.1) is 5.92 Å². The molecule has 4 nitrogen and oxygen atoms in total. The Morgan fingerprint density at radius 2 is 1.86 bits per heavy atom. The van der Waals surface area contributed by atoms with Gasteiger partial charge in [0, 0.05) is 28.2 Å². The van der Waals surface area contributed by atoms with Crippen LogP contribution in [-0.2, 0) is 9.59 Å². The average molecular weight is 330 g/mol. The molecule has 0 spiro atoms. The van der Waals surface area contributed by atoms with Crippen LogP contribution in [-0.4, -0.2) is 23.5 Å². The lowest BCUT2D eigenvalue weighted by molar-refractivity contribution is -0.143. The van der Waals surface area contributed by atoms with Crippen molar-refractivity contribution in [2.45, 2.75) is 13.8 Å². The van der Waals surface area contributed by atoms with Crippen LogP contribution >= 0.6 is 23.2 Å². The monoisotopic (exact) mass is 329 g/mol. The smallest absolute Gasteiger partial charge is 0.308 e. The van der Waals surface area contributed by atoms with Gasteiger partial charge in [-0.2, -0.15) is 0 Å². The standard InChI is InChI=1S/C15H17Cl2NO3/c1-9(2)11(15(20)21)8-18-14(19)7-6-10-12(16)4-3-5-13(10)17/h3-7,9,11H,8H2,1-2H3,(H,18,19)(H,20,21). The molecule has 0 radical (unpaired) electrons. The summed E-state index contributed by atoms with van der Waals surface area (Å²) in [5.74, 6) is -2.00. The fourth-order valence-electron chi connectivity index (χ4n) is 1.71. The molecule has 6 heteroatoms. The van der Waals surface area contributed by atoms with E-state index in [2.05, 4.69) is 5.32 Å². The fraction of sp³-hybridized carbons (Fsp3) is 0.333. The first-order chi connectivity index (χ1) is 9.82. The number of carbonyl (C=O) groups is 2. The maximum Gasteiger partial charge on any atom is 0.308 e. The summed E-state index contributed by atoms with van der Waals surface area (Å²) < 4.78 is 0. The molecule has 0 aliphatic heterocycles. The van der Waals surface area contributed by atoms with Gasteiger partial charge in [-0.25, -0.2) is 0 Å². The topological polar surface area (TPSA) is 66.4 Å². The number of halogens is 2. The van der Waals surface area contributed by atoms with Gasteiger partial charge in [-0.15, -0.1) is 0 Å². The van der Waals surface area contributed by atoms with E-state index in [1.54, 1.807) is 32.0 Å². The van der Waals surface area contributed by atoms with Crippen LogP contribution in [0.1, 0.15) is 19.4 Å². The third-order valence-corrected chi connectivity index (χ3v) is 3.68. The summed E-state index contributed by atoms with van der Waals surface area (Å²) in [6.07, 6.45) is 2.79. The Labute approximate surface area is 133 Å². The van der Waals surface area contributed by atoms with Crippen molar-refractivity contribution in [2.75, 3.05) is 6.54 Å². The number of nitrogens with one attached hydrogen (secondary N) is 1. The van der Waals surface area contributed by atoms with Crippen LogP contribution in [0.2, 0.25) is 10.0 Å². The molecule has 1 aromatic rings. The molecule has 21 heavy (non-hydrogen) atoms. The van der Waals surface area contributed by atoms with Gasteiger partial charge in [0.25, 0.3) is 0 Å². The van der Waals surface area contributed by atoms with E-state index in [1.807, 2.05) is 0 Å². The molecule has 0 saturated carbocycles. The lowest BCUT2D eigenvalue weighted by Crippen LogP contribution is -2.34. The Bertz CT molecular complexity index is 536.